The van der Waals surface area contributed by atoms with Crippen molar-refractivity contribution in [3.05, 3.63) is 24.0 Å². The van der Waals surface area contributed by atoms with Crippen LogP contribution in [-0.4, -0.2) is 46.3 Å². The molecule has 0 aromatic carbocycles. The van der Waals surface area contributed by atoms with Crippen LogP contribution in [0.25, 0.3) is 0 Å². The van der Waals surface area contributed by atoms with Crippen LogP contribution in [0.3, 0.4) is 0 Å². The van der Waals surface area contributed by atoms with Gasteiger partial charge in [-0.15, -0.1) is 0 Å². The third-order valence-corrected chi connectivity index (χ3v) is 2.45. The lowest BCUT2D eigenvalue weighted by Gasteiger charge is -2.22. The number of pyridine rings is 1. The minimum absolute atomic E-state index is 0.101. The molecule has 1 aromatic rings. The monoisotopic (exact) mass is 305 g/mol. The van der Waals surface area contributed by atoms with Crippen molar-refractivity contribution in [3.63, 3.8) is 0 Å². The van der Waals surface area contributed by atoms with Crippen LogP contribution in [0.5, 0.6) is 0 Å². The summed E-state index contributed by atoms with van der Waals surface area (Å²) in [6.45, 7) is -0.0186. The van der Waals surface area contributed by atoms with Gasteiger partial charge in [0, 0.05) is 6.54 Å². The average molecular weight is 305 g/mol. The first-order chi connectivity index (χ1) is 9.71. The Bertz CT molecular complexity index is 503. The highest BCUT2D eigenvalue weighted by molar-refractivity contribution is 5.89. The third kappa shape index (κ3) is 6.11. The summed E-state index contributed by atoms with van der Waals surface area (Å²) < 4.78 is 36.8. The van der Waals surface area contributed by atoms with Gasteiger partial charge in [-0.25, -0.2) is 4.79 Å². The zero-order valence-corrected chi connectivity index (χ0v) is 11.1. The molecule has 1 aromatic heterocycles. The number of nitrogens with zero attached hydrogens (tertiary/aromatic N) is 2. The van der Waals surface area contributed by atoms with Crippen LogP contribution < -0.4 is 5.32 Å². The molecule has 0 radical (unpaired) electrons. The predicted molar refractivity (Wildman–Crippen MR) is 67.9 cm³/mol. The van der Waals surface area contributed by atoms with Gasteiger partial charge in [-0.2, -0.15) is 13.2 Å². The molecule has 9 heteroatoms. The second-order valence-electron chi connectivity index (χ2n) is 4.17. The molecule has 0 unspecified atom stereocenters. The fraction of sp³-hybridized carbons (Fsp3) is 0.417. The van der Waals surface area contributed by atoms with Gasteiger partial charge in [-0.3, -0.25) is 9.78 Å². The summed E-state index contributed by atoms with van der Waals surface area (Å²) in [5, 5.41) is 10.8. The van der Waals surface area contributed by atoms with Crippen molar-refractivity contribution in [2.24, 2.45) is 0 Å². The Morgan fingerprint density at radius 2 is 2.05 bits per heavy atom. The van der Waals surface area contributed by atoms with E-state index in [0.717, 1.165) is 0 Å². The Hall–Kier alpha value is -2.32. The van der Waals surface area contributed by atoms with E-state index in [-0.39, 0.29) is 24.3 Å². The number of carbonyl (C=O) groups is 2. The van der Waals surface area contributed by atoms with Crippen LogP contribution >= 0.6 is 0 Å². The molecule has 2 amide bonds. The highest BCUT2D eigenvalue weighted by Crippen LogP contribution is 2.17. The first-order valence-electron chi connectivity index (χ1n) is 6.00. The van der Waals surface area contributed by atoms with E-state index in [1.165, 1.54) is 25.3 Å². The largest absolute Gasteiger partial charge is 0.481 e. The number of nitrogens with one attached hydrogen (secondary N) is 1. The first kappa shape index (κ1) is 16.7. The van der Waals surface area contributed by atoms with Crippen molar-refractivity contribution in [1.29, 1.82) is 0 Å². The van der Waals surface area contributed by atoms with Crippen LogP contribution in [0, 0.1) is 0 Å². The molecule has 6 nitrogen and oxygen atoms in total. The molecule has 0 saturated heterocycles. The van der Waals surface area contributed by atoms with Crippen LogP contribution in [0.1, 0.15) is 12.6 Å². The van der Waals surface area contributed by atoms with E-state index in [0.29, 0.717) is 4.90 Å². The number of anilines is 1. The highest BCUT2D eigenvalue weighted by atomic mass is 19.4. The molecule has 1 heterocycles. The van der Waals surface area contributed by atoms with Gasteiger partial charge in [0.05, 0.1) is 24.0 Å². The molecular weight excluding hydrogens is 291 g/mol. The summed E-state index contributed by atoms with van der Waals surface area (Å²) in [5.74, 6) is -1.05. The molecule has 0 aliphatic carbocycles. The highest BCUT2D eigenvalue weighted by Gasteiger charge is 2.32. The molecule has 0 saturated carbocycles. The minimum Gasteiger partial charge on any atom is -0.481 e. The lowest BCUT2D eigenvalue weighted by Crippen LogP contribution is -2.41. The number of amides is 2. The van der Waals surface area contributed by atoms with Gasteiger partial charge in [0.15, 0.2) is 0 Å². The fourth-order valence-corrected chi connectivity index (χ4v) is 1.50. The topological polar surface area (TPSA) is 82.5 Å². The Kier molecular flexibility index (Phi) is 5.51. The number of halogens is 3. The summed E-state index contributed by atoms with van der Waals surface area (Å²) in [5.41, 5.74) is 0.470. The van der Waals surface area contributed by atoms with E-state index >= 15 is 0 Å². The van der Waals surface area contributed by atoms with E-state index in [1.54, 1.807) is 0 Å². The molecule has 0 bridgehead atoms. The molecule has 21 heavy (non-hydrogen) atoms. The normalized spacial score (nSPS) is 11.0. The summed E-state index contributed by atoms with van der Waals surface area (Å²) in [6, 6.07) is 1.86. The van der Waals surface area contributed by atoms with E-state index in [4.69, 9.17) is 5.11 Å². The number of carboxylic acids is 1. The van der Waals surface area contributed by atoms with Crippen LogP contribution in [0.4, 0.5) is 23.7 Å². The Morgan fingerprint density at radius 1 is 1.38 bits per heavy atom. The van der Waals surface area contributed by atoms with Crippen LogP contribution in [0.15, 0.2) is 18.3 Å². The molecule has 0 fully saturated rings. The summed E-state index contributed by atoms with van der Waals surface area (Å²) in [6.07, 6.45) is -3.56. The summed E-state index contributed by atoms with van der Waals surface area (Å²) >= 11 is 0. The maximum Gasteiger partial charge on any atom is 0.406 e. The number of hydrogen-bond donors (Lipinski definition) is 2. The van der Waals surface area contributed by atoms with Crippen molar-refractivity contribution in [3.8, 4) is 0 Å². The smallest absolute Gasteiger partial charge is 0.406 e. The molecular formula is C12H14F3N3O3. The van der Waals surface area contributed by atoms with Crippen molar-refractivity contribution in [1.82, 2.24) is 9.88 Å². The lowest BCUT2D eigenvalue weighted by atomic mass is 10.2. The Balaban J connectivity index is 2.66. The average Bonchev–Trinajstić information content (AvgIpc) is 2.36. The zero-order chi connectivity index (χ0) is 16.0. The number of urea groups is 1. The van der Waals surface area contributed by atoms with Gasteiger partial charge in [0.25, 0.3) is 0 Å². The number of alkyl halides is 3. The molecule has 2 N–H and O–H groups in total. The van der Waals surface area contributed by atoms with Crippen LogP contribution in [0.2, 0.25) is 0 Å². The van der Waals surface area contributed by atoms with Gasteiger partial charge in [-0.05, 0) is 19.1 Å². The Labute approximate surface area is 118 Å². The van der Waals surface area contributed by atoms with E-state index < -0.39 is 24.7 Å². The summed E-state index contributed by atoms with van der Waals surface area (Å²) in [7, 11) is 0. The molecule has 0 spiro atoms. The molecule has 0 aliphatic rings. The first-order valence-corrected chi connectivity index (χ1v) is 6.00. The number of hydrogen-bond acceptors (Lipinski definition) is 3. The number of carboxylic acid groups (broad SMARTS) is 1. The SMILES string of the molecule is CCN(CC(F)(F)F)C(=O)Nc1ccc(CC(=O)O)nc1. The van der Waals surface area contributed by atoms with Crippen molar-refractivity contribution < 1.29 is 27.9 Å². The molecule has 116 valence electrons. The molecule has 0 aliphatic heterocycles. The van der Waals surface area contributed by atoms with Gasteiger partial charge >= 0.3 is 18.2 Å². The number of carbonyl (C=O) groups excluding carboxylic acids is 1. The van der Waals surface area contributed by atoms with E-state index in [1.807, 2.05) is 0 Å². The minimum atomic E-state index is -4.48. The fourth-order valence-electron chi connectivity index (χ4n) is 1.50. The van der Waals surface area contributed by atoms with Gasteiger partial charge in [0.1, 0.15) is 6.54 Å². The number of rotatable bonds is 5. The molecule has 1 rings (SSSR count). The second kappa shape index (κ2) is 6.91. The maximum absolute atomic E-state index is 12.3. The maximum atomic E-state index is 12.3. The van der Waals surface area contributed by atoms with Crippen molar-refractivity contribution in [2.75, 3.05) is 18.4 Å². The predicted octanol–water partition coefficient (Wildman–Crippen LogP) is 2.12. The van der Waals surface area contributed by atoms with E-state index in [2.05, 4.69) is 10.3 Å². The van der Waals surface area contributed by atoms with E-state index in [9.17, 15) is 22.8 Å². The lowest BCUT2D eigenvalue weighted by molar-refractivity contribution is -0.139. The quantitative estimate of drug-likeness (QED) is 0.873. The Morgan fingerprint density at radius 3 is 2.48 bits per heavy atom. The number of aromatic nitrogens is 1. The van der Waals surface area contributed by atoms with Gasteiger partial charge < -0.3 is 15.3 Å². The van der Waals surface area contributed by atoms with Gasteiger partial charge in [-0.1, -0.05) is 0 Å². The second-order valence-corrected chi connectivity index (χ2v) is 4.17. The van der Waals surface area contributed by atoms with Gasteiger partial charge in [0.2, 0.25) is 0 Å². The zero-order valence-electron chi connectivity index (χ0n) is 11.1. The standard InChI is InChI=1S/C12H14F3N3O3/c1-2-18(7-12(13,14)15)11(21)17-9-4-3-8(16-6-9)5-10(19)20/h3-4,6H,2,5,7H2,1H3,(H,17,21)(H,19,20). The molecule has 0 atom stereocenters. The summed E-state index contributed by atoms with van der Waals surface area (Å²) in [4.78, 5) is 26.5. The van der Waals surface area contributed by atoms with Crippen LogP contribution in [-0.2, 0) is 11.2 Å². The number of aliphatic carboxylic acids is 1. The van der Waals surface area contributed by atoms with Crippen molar-refractivity contribution in [2.45, 2.75) is 19.5 Å². The van der Waals surface area contributed by atoms with Crippen molar-refractivity contribution >= 4 is 17.7 Å². The third-order valence-electron chi connectivity index (χ3n) is 2.45.